The highest BCUT2D eigenvalue weighted by molar-refractivity contribution is 6.04. The molecule has 0 unspecified atom stereocenters. The molecule has 8 heteroatoms. The minimum atomic E-state index is -0.647. The molecule has 1 N–H and O–H groups in total. The van der Waals surface area contributed by atoms with Gasteiger partial charge in [0, 0.05) is 23.4 Å². The highest BCUT2D eigenvalue weighted by Gasteiger charge is 2.11. The summed E-state index contributed by atoms with van der Waals surface area (Å²) >= 11 is 0. The van der Waals surface area contributed by atoms with Crippen LogP contribution < -0.4 is 14.8 Å². The average molecular weight is 420 g/mol. The first kappa shape index (κ1) is 21.5. The van der Waals surface area contributed by atoms with Crippen molar-refractivity contribution in [3.8, 4) is 11.5 Å². The number of nitrogens with one attached hydrogen (secondary N) is 1. The van der Waals surface area contributed by atoms with Crippen LogP contribution in [0.25, 0.3) is 0 Å². The number of rotatable bonds is 7. The number of benzene rings is 3. The lowest BCUT2D eigenvalue weighted by molar-refractivity contribution is -0.384. The average Bonchev–Trinajstić information content (AvgIpc) is 2.75. The van der Waals surface area contributed by atoms with Crippen LogP contribution in [0.3, 0.4) is 0 Å². The van der Waals surface area contributed by atoms with Gasteiger partial charge in [0.05, 0.1) is 4.92 Å². The Kier molecular flexibility index (Phi) is 6.61. The van der Waals surface area contributed by atoms with E-state index in [-0.39, 0.29) is 24.0 Å². The highest BCUT2D eigenvalue weighted by atomic mass is 16.6. The second-order valence-electron chi connectivity index (χ2n) is 6.81. The maximum absolute atomic E-state index is 12.4. The van der Waals surface area contributed by atoms with Crippen molar-refractivity contribution in [2.24, 2.45) is 0 Å². The van der Waals surface area contributed by atoms with Gasteiger partial charge in [0.1, 0.15) is 11.5 Å². The molecule has 3 aromatic rings. The van der Waals surface area contributed by atoms with Crippen molar-refractivity contribution in [3.63, 3.8) is 0 Å². The normalized spacial score (nSPS) is 10.3. The third kappa shape index (κ3) is 5.89. The number of non-ortho nitro benzene ring substituents is 1. The Morgan fingerprint density at radius 3 is 2.19 bits per heavy atom. The molecule has 8 nitrogen and oxygen atoms in total. The monoisotopic (exact) mass is 420 g/mol. The molecule has 0 aliphatic carbocycles. The maximum Gasteiger partial charge on any atom is 0.349 e. The zero-order valence-corrected chi connectivity index (χ0v) is 17.0. The Labute approximate surface area is 178 Å². The van der Waals surface area contributed by atoms with Gasteiger partial charge < -0.3 is 14.8 Å². The van der Waals surface area contributed by atoms with Gasteiger partial charge in [-0.25, -0.2) is 4.79 Å². The van der Waals surface area contributed by atoms with E-state index in [2.05, 4.69) is 5.32 Å². The van der Waals surface area contributed by atoms with Gasteiger partial charge in [-0.05, 0) is 61.9 Å². The van der Waals surface area contributed by atoms with Crippen molar-refractivity contribution in [3.05, 3.63) is 93.5 Å². The van der Waals surface area contributed by atoms with E-state index >= 15 is 0 Å². The van der Waals surface area contributed by atoms with Crippen LogP contribution in [-0.2, 0) is 4.79 Å². The summed E-state index contributed by atoms with van der Waals surface area (Å²) in [4.78, 5) is 34.5. The minimum Gasteiger partial charge on any atom is -0.482 e. The number of nitro groups is 1. The Morgan fingerprint density at radius 2 is 1.58 bits per heavy atom. The van der Waals surface area contributed by atoms with E-state index in [0.717, 1.165) is 16.8 Å². The molecule has 0 atom stereocenters. The first-order valence-corrected chi connectivity index (χ1v) is 9.38. The number of esters is 1. The van der Waals surface area contributed by atoms with E-state index in [9.17, 15) is 19.7 Å². The van der Waals surface area contributed by atoms with Gasteiger partial charge >= 0.3 is 5.97 Å². The van der Waals surface area contributed by atoms with Crippen LogP contribution in [0.2, 0.25) is 0 Å². The van der Waals surface area contributed by atoms with E-state index in [4.69, 9.17) is 9.47 Å². The van der Waals surface area contributed by atoms with Crippen molar-refractivity contribution in [2.45, 2.75) is 13.8 Å². The fraction of sp³-hybridized carbons (Fsp3) is 0.130. The lowest BCUT2D eigenvalue weighted by Gasteiger charge is -2.10. The Bertz CT molecular complexity index is 1110. The summed E-state index contributed by atoms with van der Waals surface area (Å²) in [5.41, 5.74) is 3.15. The number of nitro benzene ring substituents is 1. The van der Waals surface area contributed by atoms with E-state index in [1.165, 1.54) is 36.4 Å². The van der Waals surface area contributed by atoms with Crippen molar-refractivity contribution in [2.75, 3.05) is 11.9 Å². The predicted octanol–water partition coefficient (Wildman–Crippen LogP) is 4.45. The van der Waals surface area contributed by atoms with Crippen LogP contribution in [0.1, 0.15) is 21.5 Å². The van der Waals surface area contributed by atoms with Crippen LogP contribution in [0, 0.1) is 24.0 Å². The molecular weight excluding hydrogens is 400 g/mol. The molecule has 0 aliphatic heterocycles. The second-order valence-corrected chi connectivity index (χ2v) is 6.81. The quantitative estimate of drug-likeness (QED) is 0.262. The van der Waals surface area contributed by atoms with Gasteiger partial charge in [-0.3, -0.25) is 14.9 Å². The predicted molar refractivity (Wildman–Crippen MR) is 115 cm³/mol. The number of amides is 1. The van der Waals surface area contributed by atoms with Crippen LogP contribution in [0.4, 0.5) is 11.4 Å². The molecule has 158 valence electrons. The van der Waals surface area contributed by atoms with Crippen molar-refractivity contribution < 1.29 is 24.0 Å². The molecule has 0 radical (unpaired) electrons. The molecule has 0 aromatic heterocycles. The van der Waals surface area contributed by atoms with Gasteiger partial charge in [0.2, 0.25) is 0 Å². The van der Waals surface area contributed by atoms with Gasteiger partial charge in [0.25, 0.3) is 11.6 Å². The number of nitrogens with zero attached hydrogens (tertiary/aromatic N) is 1. The summed E-state index contributed by atoms with van der Waals surface area (Å²) in [6.07, 6.45) is 0. The fourth-order valence-corrected chi connectivity index (χ4v) is 2.79. The number of hydrogen-bond acceptors (Lipinski definition) is 6. The van der Waals surface area contributed by atoms with E-state index in [1.54, 1.807) is 12.1 Å². The molecule has 0 saturated heterocycles. The lowest BCUT2D eigenvalue weighted by Crippen LogP contribution is -2.18. The molecule has 0 fully saturated rings. The number of anilines is 1. The van der Waals surface area contributed by atoms with E-state index in [1.807, 2.05) is 32.0 Å². The molecule has 0 spiro atoms. The fourth-order valence-electron chi connectivity index (χ4n) is 2.79. The number of carbonyl (C=O) groups excluding carboxylic acids is 2. The molecule has 0 aliphatic rings. The zero-order valence-electron chi connectivity index (χ0n) is 17.0. The first-order valence-electron chi connectivity index (χ1n) is 9.38. The number of hydrogen-bond donors (Lipinski definition) is 1. The summed E-state index contributed by atoms with van der Waals surface area (Å²) in [6.45, 7) is 3.53. The first-order chi connectivity index (χ1) is 14.8. The Morgan fingerprint density at radius 1 is 0.935 bits per heavy atom. The maximum atomic E-state index is 12.4. The smallest absolute Gasteiger partial charge is 0.349 e. The largest absolute Gasteiger partial charge is 0.482 e. The number of ether oxygens (including phenoxy) is 2. The molecule has 0 saturated carbocycles. The second kappa shape index (κ2) is 9.53. The molecule has 31 heavy (non-hydrogen) atoms. The third-order valence-corrected chi connectivity index (χ3v) is 4.38. The zero-order chi connectivity index (χ0) is 22.4. The Hall–Kier alpha value is -4.20. The Balaban J connectivity index is 1.52. The van der Waals surface area contributed by atoms with Crippen molar-refractivity contribution in [1.82, 2.24) is 0 Å². The van der Waals surface area contributed by atoms with Crippen LogP contribution in [0.5, 0.6) is 11.5 Å². The van der Waals surface area contributed by atoms with Crippen LogP contribution >= 0.6 is 0 Å². The number of carbonyl (C=O) groups is 2. The summed E-state index contributed by atoms with van der Waals surface area (Å²) in [5.74, 6) is -0.349. The molecular formula is C23H20N2O6. The highest BCUT2D eigenvalue weighted by Crippen LogP contribution is 2.19. The van der Waals surface area contributed by atoms with Gasteiger partial charge in [0.15, 0.2) is 6.61 Å². The third-order valence-electron chi connectivity index (χ3n) is 4.38. The topological polar surface area (TPSA) is 108 Å². The van der Waals surface area contributed by atoms with Crippen molar-refractivity contribution >= 4 is 23.3 Å². The summed E-state index contributed by atoms with van der Waals surface area (Å²) in [6, 6.07) is 17.2. The summed E-state index contributed by atoms with van der Waals surface area (Å²) < 4.78 is 10.4. The SMILES string of the molecule is Cc1ccc(NC(=O)c2ccc(OC(=O)COc3ccc([N+](=O)[O-])cc3)cc2)c(C)c1. The molecule has 0 bridgehead atoms. The number of aryl methyl sites for hydroxylation is 2. The summed E-state index contributed by atoms with van der Waals surface area (Å²) in [7, 11) is 0. The lowest BCUT2D eigenvalue weighted by atomic mass is 10.1. The van der Waals surface area contributed by atoms with Gasteiger partial charge in [-0.2, -0.15) is 0 Å². The van der Waals surface area contributed by atoms with E-state index in [0.29, 0.717) is 11.3 Å². The van der Waals surface area contributed by atoms with Crippen LogP contribution in [-0.4, -0.2) is 23.4 Å². The standard InChI is InChI=1S/C23H20N2O6/c1-15-3-12-21(16(2)13-15)24-23(27)17-4-8-20(9-5-17)31-22(26)14-30-19-10-6-18(7-11-19)25(28)29/h3-13H,14H2,1-2H3,(H,24,27). The molecule has 3 rings (SSSR count). The molecule has 1 amide bonds. The molecule has 0 heterocycles. The summed E-state index contributed by atoms with van der Waals surface area (Å²) in [5, 5.41) is 13.5. The van der Waals surface area contributed by atoms with Gasteiger partial charge in [-0.1, -0.05) is 17.7 Å². The van der Waals surface area contributed by atoms with E-state index < -0.39 is 10.9 Å². The van der Waals surface area contributed by atoms with Gasteiger partial charge in [-0.15, -0.1) is 0 Å². The van der Waals surface area contributed by atoms with Crippen molar-refractivity contribution in [1.29, 1.82) is 0 Å². The minimum absolute atomic E-state index is 0.0726. The molecule has 3 aromatic carbocycles. The van der Waals surface area contributed by atoms with Crippen LogP contribution in [0.15, 0.2) is 66.7 Å².